The molecule has 3 rings (SSSR count). The van der Waals surface area contributed by atoms with Crippen LogP contribution in [0.2, 0.25) is 0 Å². The van der Waals surface area contributed by atoms with Gasteiger partial charge in [0.25, 0.3) is 0 Å². The first-order valence-electron chi connectivity index (χ1n) is 8.18. The number of carboxylic acid groups (broad SMARTS) is 1. The minimum atomic E-state index is -0.934. The summed E-state index contributed by atoms with van der Waals surface area (Å²) in [6.07, 6.45) is 1.38. The van der Waals surface area contributed by atoms with Crippen molar-refractivity contribution < 1.29 is 19.4 Å². The third-order valence-electron chi connectivity index (χ3n) is 4.17. The normalized spacial score (nSPS) is 16.8. The van der Waals surface area contributed by atoms with Crippen LogP contribution in [0.3, 0.4) is 0 Å². The van der Waals surface area contributed by atoms with Gasteiger partial charge in [-0.25, -0.2) is 9.78 Å². The second-order valence-corrected chi connectivity index (χ2v) is 7.04. The van der Waals surface area contributed by atoms with E-state index in [4.69, 9.17) is 4.74 Å². The van der Waals surface area contributed by atoms with Crippen LogP contribution >= 0.6 is 11.3 Å². The van der Waals surface area contributed by atoms with Gasteiger partial charge in [0.05, 0.1) is 12.1 Å². The van der Waals surface area contributed by atoms with Crippen LogP contribution in [0, 0.1) is 6.92 Å². The number of hydrogen-bond acceptors (Lipinski definition) is 5. The van der Waals surface area contributed by atoms with Crippen molar-refractivity contribution in [2.24, 2.45) is 0 Å². The lowest BCUT2D eigenvalue weighted by Crippen LogP contribution is -2.41. The Labute approximate surface area is 150 Å². The highest BCUT2D eigenvalue weighted by molar-refractivity contribution is 7.09. The largest absolute Gasteiger partial charge is 0.486 e. The van der Waals surface area contributed by atoms with E-state index >= 15 is 0 Å². The van der Waals surface area contributed by atoms with Gasteiger partial charge in [-0.2, -0.15) is 0 Å². The third kappa shape index (κ3) is 4.36. The molecule has 1 amide bonds. The smallest absolute Gasteiger partial charge is 0.326 e. The highest BCUT2D eigenvalue weighted by Gasteiger charge is 2.33. The molecule has 1 N–H and O–H groups in total. The van der Waals surface area contributed by atoms with Crippen LogP contribution in [-0.4, -0.2) is 39.5 Å². The molecule has 25 heavy (non-hydrogen) atoms. The number of likely N-dealkylation sites (tertiary alicyclic amines) is 1. The summed E-state index contributed by atoms with van der Waals surface area (Å²) in [5, 5.41) is 11.8. The lowest BCUT2D eigenvalue weighted by atomic mass is 10.2. The number of aromatic nitrogens is 1. The molecule has 2 heterocycles. The first-order valence-corrected chi connectivity index (χ1v) is 9.06. The van der Waals surface area contributed by atoms with E-state index in [1.54, 1.807) is 0 Å². The van der Waals surface area contributed by atoms with Crippen LogP contribution in [0.1, 0.15) is 29.1 Å². The van der Waals surface area contributed by atoms with Crippen molar-refractivity contribution in [3.63, 3.8) is 0 Å². The van der Waals surface area contributed by atoms with Crippen LogP contribution in [0.15, 0.2) is 29.6 Å². The van der Waals surface area contributed by atoms with E-state index in [2.05, 4.69) is 4.98 Å². The minimum absolute atomic E-state index is 0.130. The average molecular weight is 360 g/mol. The summed E-state index contributed by atoms with van der Waals surface area (Å²) in [5.74, 6) is -0.336. The number of carboxylic acids is 1. The van der Waals surface area contributed by atoms with Crippen LogP contribution in [0.5, 0.6) is 5.75 Å². The molecule has 0 unspecified atom stereocenters. The Balaban J connectivity index is 1.55. The molecule has 1 aliphatic rings. The van der Waals surface area contributed by atoms with Crippen LogP contribution in [-0.2, 0) is 22.6 Å². The van der Waals surface area contributed by atoms with E-state index in [0.29, 0.717) is 25.3 Å². The summed E-state index contributed by atoms with van der Waals surface area (Å²) < 4.78 is 5.69. The molecule has 1 aliphatic heterocycles. The molecule has 6 nitrogen and oxygen atoms in total. The molecule has 1 atom stereocenters. The van der Waals surface area contributed by atoms with Crippen molar-refractivity contribution in [2.45, 2.75) is 38.8 Å². The maximum atomic E-state index is 12.3. The first kappa shape index (κ1) is 17.4. The number of ether oxygens (including phenoxy) is 1. The van der Waals surface area contributed by atoms with Gasteiger partial charge in [0, 0.05) is 11.9 Å². The standard InChI is InChI=1S/C18H20N2O4S/c1-12-4-6-14(7-5-12)24-10-16-19-13(11-25-16)9-17(21)20-8-2-3-15(20)18(22)23/h4-7,11,15H,2-3,8-10H2,1H3,(H,22,23)/t15-/m0/s1. The predicted molar refractivity (Wildman–Crippen MR) is 93.7 cm³/mol. The Morgan fingerprint density at radius 3 is 2.84 bits per heavy atom. The summed E-state index contributed by atoms with van der Waals surface area (Å²) >= 11 is 1.44. The SMILES string of the molecule is Cc1ccc(OCc2nc(CC(=O)N3CCC[C@H]3C(=O)O)cs2)cc1. The summed E-state index contributed by atoms with van der Waals surface area (Å²) in [6, 6.07) is 7.09. The van der Waals surface area contributed by atoms with E-state index in [-0.39, 0.29) is 12.3 Å². The molecule has 1 aromatic heterocycles. The minimum Gasteiger partial charge on any atom is -0.486 e. The van der Waals surface area contributed by atoms with Crippen LogP contribution in [0.25, 0.3) is 0 Å². The van der Waals surface area contributed by atoms with Crippen LogP contribution < -0.4 is 4.74 Å². The number of amides is 1. The Kier molecular flexibility index (Phi) is 5.33. The zero-order valence-electron chi connectivity index (χ0n) is 14.0. The molecule has 0 saturated carbocycles. The van der Waals surface area contributed by atoms with Gasteiger partial charge in [-0.1, -0.05) is 17.7 Å². The van der Waals surface area contributed by atoms with Crippen molar-refractivity contribution in [3.05, 3.63) is 45.9 Å². The maximum Gasteiger partial charge on any atom is 0.326 e. The molecular weight excluding hydrogens is 340 g/mol. The molecule has 132 valence electrons. The summed E-state index contributed by atoms with van der Waals surface area (Å²) in [7, 11) is 0. The average Bonchev–Trinajstić information content (AvgIpc) is 3.23. The number of aliphatic carboxylic acids is 1. The Morgan fingerprint density at radius 1 is 1.36 bits per heavy atom. The molecular formula is C18H20N2O4S. The quantitative estimate of drug-likeness (QED) is 0.857. The molecule has 2 aromatic rings. The van der Waals surface area contributed by atoms with E-state index in [1.807, 2.05) is 36.6 Å². The second-order valence-electron chi connectivity index (χ2n) is 6.09. The monoisotopic (exact) mass is 360 g/mol. The van der Waals surface area contributed by atoms with E-state index in [9.17, 15) is 14.7 Å². The van der Waals surface area contributed by atoms with Gasteiger partial charge in [0.1, 0.15) is 23.4 Å². The summed E-state index contributed by atoms with van der Waals surface area (Å²) in [6.45, 7) is 2.87. The number of aryl methyl sites for hydroxylation is 1. The maximum absolute atomic E-state index is 12.3. The summed E-state index contributed by atoms with van der Waals surface area (Å²) in [4.78, 5) is 29.4. The molecule has 1 aromatic carbocycles. The lowest BCUT2D eigenvalue weighted by Gasteiger charge is -2.20. The lowest BCUT2D eigenvalue weighted by molar-refractivity contribution is -0.148. The first-order chi connectivity index (χ1) is 12.0. The van der Waals surface area contributed by atoms with Gasteiger partial charge in [-0.3, -0.25) is 4.79 Å². The van der Waals surface area contributed by atoms with Crippen molar-refractivity contribution in [1.29, 1.82) is 0 Å². The zero-order chi connectivity index (χ0) is 17.8. The predicted octanol–water partition coefficient (Wildman–Crippen LogP) is 2.65. The van der Waals surface area contributed by atoms with E-state index in [1.165, 1.54) is 21.8 Å². The Morgan fingerprint density at radius 2 is 2.12 bits per heavy atom. The second kappa shape index (κ2) is 7.65. The zero-order valence-corrected chi connectivity index (χ0v) is 14.8. The van der Waals surface area contributed by atoms with E-state index < -0.39 is 12.0 Å². The number of benzene rings is 1. The van der Waals surface area contributed by atoms with Gasteiger partial charge in [0.15, 0.2) is 0 Å². The molecule has 1 fully saturated rings. The molecule has 0 spiro atoms. The van der Waals surface area contributed by atoms with Gasteiger partial charge < -0.3 is 14.7 Å². The molecule has 0 radical (unpaired) electrons. The van der Waals surface area contributed by atoms with Gasteiger partial charge in [-0.05, 0) is 31.9 Å². The van der Waals surface area contributed by atoms with Crippen molar-refractivity contribution in [3.8, 4) is 5.75 Å². The molecule has 0 aliphatic carbocycles. The van der Waals surface area contributed by atoms with Crippen LogP contribution in [0.4, 0.5) is 0 Å². The fraction of sp³-hybridized carbons (Fsp3) is 0.389. The Bertz CT molecular complexity index is 757. The van der Waals surface area contributed by atoms with Gasteiger partial charge in [-0.15, -0.1) is 11.3 Å². The fourth-order valence-corrected chi connectivity index (χ4v) is 3.56. The number of nitrogens with zero attached hydrogens (tertiary/aromatic N) is 2. The highest BCUT2D eigenvalue weighted by Crippen LogP contribution is 2.20. The number of hydrogen-bond donors (Lipinski definition) is 1. The molecule has 7 heteroatoms. The summed E-state index contributed by atoms with van der Waals surface area (Å²) in [5.41, 5.74) is 1.83. The topological polar surface area (TPSA) is 79.7 Å². The van der Waals surface area contributed by atoms with Crippen molar-refractivity contribution in [2.75, 3.05) is 6.54 Å². The Hall–Kier alpha value is -2.41. The fourth-order valence-electron chi connectivity index (χ4n) is 2.85. The highest BCUT2D eigenvalue weighted by atomic mass is 32.1. The van der Waals surface area contributed by atoms with Gasteiger partial charge >= 0.3 is 5.97 Å². The number of carbonyl (C=O) groups is 2. The number of rotatable bonds is 6. The van der Waals surface area contributed by atoms with Crippen molar-refractivity contribution in [1.82, 2.24) is 9.88 Å². The molecule has 0 bridgehead atoms. The van der Waals surface area contributed by atoms with E-state index in [0.717, 1.165) is 17.2 Å². The third-order valence-corrected chi connectivity index (χ3v) is 5.04. The van der Waals surface area contributed by atoms with Gasteiger partial charge in [0.2, 0.25) is 5.91 Å². The van der Waals surface area contributed by atoms with Crippen molar-refractivity contribution >= 4 is 23.2 Å². The number of carbonyl (C=O) groups excluding carboxylic acids is 1. The molecule has 1 saturated heterocycles. The number of thiazole rings is 1.